The van der Waals surface area contributed by atoms with Crippen LogP contribution in [0.4, 0.5) is 8.78 Å². The molecule has 1 amide bonds. The Bertz CT molecular complexity index is 829. The molecule has 3 atom stereocenters. The highest BCUT2D eigenvalue weighted by Crippen LogP contribution is 2.36. The Morgan fingerprint density at radius 3 is 2.83 bits per heavy atom. The van der Waals surface area contributed by atoms with E-state index in [9.17, 15) is 13.6 Å². The third kappa shape index (κ3) is 5.16. The van der Waals surface area contributed by atoms with Crippen LogP contribution in [0.25, 0.3) is 0 Å². The molecule has 1 aromatic carbocycles. The number of rotatable bonds is 6. The smallest absolute Gasteiger partial charge is 0.222 e. The summed E-state index contributed by atoms with van der Waals surface area (Å²) in [6, 6.07) is 7.31. The van der Waals surface area contributed by atoms with Crippen molar-refractivity contribution in [2.75, 3.05) is 19.7 Å². The second-order valence-electron chi connectivity index (χ2n) is 7.94. The van der Waals surface area contributed by atoms with Gasteiger partial charge in [-0.05, 0) is 48.2 Å². The van der Waals surface area contributed by atoms with Crippen LogP contribution < -0.4 is 5.32 Å². The molecule has 154 valence electrons. The molecule has 0 spiro atoms. The van der Waals surface area contributed by atoms with Crippen molar-refractivity contribution in [1.29, 1.82) is 0 Å². The van der Waals surface area contributed by atoms with E-state index < -0.39 is 11.6 Å². The molecule has 0 saturated carbocycles. The van der Waals surface area contributed by atoms with Crippen molar-refractivity contribution >= 4 is 5.91 Å². The Labute approximate surface area is 169 Å². The molecule has 1 N–H and O–H groups in total. The lowest BCUT2D eigenvalue weighted by atomic mass is 9.83. The van der Waals surface area contributed by atoms with Gasteiger partial charge >= 0.3 is 0 Å². The maximum atomic E-state index is 13.3. The molecule has 0 radical (unpaired) electrons. The van der Waals surface area contributed by atoms with E-state index in [4.69, 9.17) is 4.74 Å². The van der Waals surface area contributed by atoms with Gasteiger partial charge in [0.1, 0.15) is 11.6 Å². The Balaban J connectivity index is 1.25. The Morgan fingerprint density at radius 1 is 1.24 bits per heavy atom. The summed E-state index contributed by atoms with van der Waals surface area (Å²) in [5.41, 5.74) is 1.61. The zero-order chi connectivity index (χ0) is 20.2. The quantitative estimate of drug-likeness (QED) is 0.809. The molecule has 2 saturated heterocycles. The van der Waals surface area contributed by atoms with E-state index in [2.05, 4.69) is 21.3 Å². The lowest BCUT2D eigenvalue weighted by Gasteiger charge is -2.35. The maximum Gasteiger partial charge on any atom is 0.222 e. The zero-order valence-electron chi connectivity index (χ0n) is 16.2. The molecule has 1 aromatic heterocycles. The summed E-state index contributed by atoms with van der Waals surface area (Å²) in [6.45, 7) is 3.58. The monoisotopic (exact) mass is 401 g/mol. The predicted octanol–water partition coefficient (Wildman–Crippen LogP) is 2.90. The summed E-state index contributed by atoms with van der Waals surface area (Å²) in [6.07, 6.45) is 4.86. The number of benzene rings is 1. The van der Waals surface area contributed by atoms with Gasteiger partial charge in [-0.3, -0.25) is 14.7 Å². The number of piperidine rings is 1. The fourth-order valence-electron chi connectivity index (χ4n) is 4.43. The molecule has 3 heterocycles. The normalized spacial score (nSPS) is 24.3. The molecule has 2 fully saturated rings. The van der Waals surface area contributed by atoms with Crippen LogP contribution in [0.5, 0.6) is 0 Å². The maximum absolute atomic E-state index is 13.3. The highest BCUT2D eigenvalue weighted by atomic mass is 19.1. The summed E-state index contributed by atoms with van der Waals surface area (Å²) in [5.74, 6) is -0.644. The molecule has 0 aliphatic carbocycles. The third-order valence-corrected chi connectivity index (χ3v) is 5.81. The first-order chi connectivity index (χ1) is 14.1. The molecular formula is C22H25F2N3O2. The standard InChI is InChI=1S/C22H25F2N3O2/c23-18-6-16(7-19(24)8-18)11-26-22(28)9-21-20-3-5-27(13-17(20)14-29-21)12-15-2-1-4-25-10-15/h1-2,4,6-8,10,17,20-21H,3,5,9,11-14H2,(H,26,28)/t17-,20-,21+/m1/s1. The predicted molar refractivity (Wildman–Crippen MR) is 104 cm³/mol. The topological polar surface area (TPSA) is 54.5 Å². The van der Waals surface area contributed by atoms with E-state index in [0.29, 0.717) is 24.0 Å². The molecule has 0 unspecified atom stereocenters. The van der Waals surface area contributed by atoms with Crippen LogP contribution in [0.1, 0.15) is 24.0 Å². The number of hydrogen-bond acceptors (Lipinski definition) is 4. The molecular weight excluding hydrogens is 376 g/mol. The number of hydrogen-bond donors (Lipinski definition) is 1. The second kappa shape index (κ2) is 8.97. The Kier molecular flexibility index (Phi) is 6.16. The lowest BCUT2D eigenvalue weighted by molar-refractivity contribution is -0.124. The van der Waals surface area contributed by atoms with E-state index in [1.54, 1.807) is 6.20 Å². The average molecular weight is 401 g/mol. The SMILES string of the molecule is O=C(C[C@@H]1OC[C@H]2CN(Cc3cccnc3)CC[C@H]21)NCc1cc(F)cc(F)c1. The number of amides is 1. The number of nitrogens with zero attached hydrogens (tertiary/aromatic N) is 2. The number of fused-ring (bicyclic) bond motifs is 1. The molecule has 2 aliphatic rings. The van der Waals surface area contributed by atoms with Crippen LogP contribution in [0.15, 0.2) is 42.7 Å². The first-order valence-corrected chi connectivity index (χ1v) is 10.0. The van der Waals surface area contributed by atoms with E-state index in [1.165, 1.54) is 17.7 Å². The first-order valence-electron chi connectivity index (χ1n) is 10.0. The van der Waals surface area contributed by atoms with Crippen molar-refractivity contribution in [2.24, 2.45) is 11.8 Å². The number of halogens is 2. The van der Waals surface area contributed by atoms with Gasteiger partial charge in [-0.15, -0.1) is 0 Å². The van der Waals surface area contributed by atoms with Crippen molar-refractivity contribution < 1.29 is 18.3 Å². The summed E-state index contributed by atoms with van der Waals surface area (Å²) in [4.78, 5) is 18.9. The van der Waals surface area contributed by atoms with Crippen molar-refractivity contribution in [3.05, 3.63) is 65.5 Å². The first kappa shape index (κ1) is 19.9. The van der Waals surface area contributed by atoms with Gasteiger partial charge in [-0.1, -0.05) is 6.07 Å². The van der Waals surface area contributed by atoms with E-state index >= 15 is 0 Å². The van der Waals surface area contributed by atoms with Crippen molar-refractivity contribution in [1.82, 2.24) is 15.2 Å². The summed E-state index contributed by atoms with van der Waals surface area (Å²) in [5, 5.41) is 2.75. The Morgan fingerprint density at radius 2 is 2.07 bits per heavy atom. The van der Waals surface area contributed by atoms with Gasteiger partial charge in [-0.2, -0.15) is 0 Å². The van der Waals surface area contributed by atoms with Crippen molar-refractivity contribution in [3.8, 4) is 0 Å². The van der Waals surface area contributed by atoms with Gasteiger partial charge in [0, 0.05) is 44.0 Å². The largest absolute Gasteiger partial charge is 0.377 e. The van der Waals surface area contributed by atoms with Gasteiger partial charge in [0.25, 0.3) is 0 Å². The molecule has 2 aromatic rings. The molecule has 0 bridgehead atoms. The molecule has 7 heteroatoms. The minimum absolute atomic E-state index is 0.0928. The molecule has 2 aliphatic heterocycles. The molecule has 29 heavy (non-hydrogen) atoms. The number of aromatic nitrogens is 1. The fourth-order valence-corrected chi connectivity index (χ4v) is 4.43. The van der Waals surface area contributed by atoms with E-state index in [1.807, 2.05) is 12.3 Å². The number of carbonyl (C=O) groups excluding carboxylic acids is 1. The summed E-state index contributed by atoms with van der Waals surface area (Å²) < 4.78 is 32.4. The summed E-state index contributed by atoms with van der Waals surface area (Å²) >= 11 is 0. The van der Waals surface area contributed by atoms with Gasteiger partial charge in [0.2, 0.25) is 5.91 Å². The van der Waals surface area contributed by atoms with Crippen LogP contribution in [-0.2, 0) is 22.6 Å². The van der Waals surface area contributed by atoms with Gasteiger partial charge < -0.3 is 10.1 Å². The number of nitrogens with one attached hydrogen (secondary N) is 1. The molecule has 4 rings (SSSR count). The van der Waals surface area contributed by atoms with Crippen LogP contribution in [0, 0.1) is 23.5 Å². The minimum atomic E-state index is -0.644. The second-order valence-corrected chi connectivity index (χ2v) is 7.94. The number of pyridine rings is 1. The van der Waals surface area contributed by atoms with Crippen LogP contribution in [0.3, 0.4) is 0 Å². The summed E-state index contributed by atoms with van der Waals surface area (Å²) in [7, 11) is 0. The third-order valence-electron chi connectivity index (χ3n) is 5.81. The van der Waals surface area contributed by atoms with Crippen LogP contribution in [0.2, 0.25) is 0 Å². The van der Waals surface area contributed by atoms with Crippen molar-refractivity contribution in [2.45, 2.75) is 32.0 Å². The zero-order valence-corrected chi connectivity index (χ0v) is 16.2. The highest BCUT2D eigenvalue weighted by molar-refractivity contribution is 5.76. The highest BCUT2D eigenvalue weighted by Gasteiger charge is 2.41. The fraction of sp³-hybridized carbons (Fsp3) is 0.455. The van der Waals surface area contributed by atoms with Crippen LogP contribution in [-0.4, -0.2) is 41.6 Å². The van der Waals surface area contributed by atoms with Gasteiger partial charge in [0.15, 0.2) is 0 Å². The number of ether oxygens (including phenoxy) is 1. The Hall–Kier alpha value is -2.38. The van der Waals surface area contributed by atoms with E-state index in [-0.39, 0.29) is 25.0 Å². The minimum Gasteiger partial charge on any atom is -0.377 e. The van der Waals surface area contributed by atoms with Crippen molar-refractivity contribution in [3.63, 3.8) is 0 Å². The lowest BCUT2D eigenvalue weighted by Crippen LogP contribution is -2.41. The van der Waals surface area contributed by atoms with Crippen LogP contribution >= 0.6 is 0 Å². The number of carbonyl (C=O) groups is 1. The molecule has 5 nitrogen and oxygen atoms in total. The van der Waals surface area contributed by atoms with E-state index in [0.717, 1.165) is 32.1 Å². The average Bonchev–Trinajstić information content (AvgIpc) is 3.08. The number of likely N-dealkylation sites (tertiary alicyclic amines) is 1. The van der Waals surface area contributed by atoms with Gasteiger partial charge in [-0.25, -0.2) is 8.78 Å². The van der Waals surface area contributed by atoms with Gasteiger partial charge in [0.05, 0.1) is 19.1 Å².